The van der Waals surface area contributed by atoms with Crippen molar-refractivity contribution in [2.24, 2.45) is 0 Å². The molecule has 1 heterocycles. The van der Waals surface area contributed by atoms with Crippen molar-refractivity contribution >= 4 is 28.6 Å². The second kappa shape index (κ2) is 9.23. The van der Waals surface area contributed by atoms with Gasteiger partial charge in [0.05, 0.1) is 7.11 Å². The Bertz CT molecular complexity index is 1340. The summed E-state index contributed by atoms with van der Waals surface area (Å²) in [6.07, 6.45) is 3.63. The van der Waals surface area contributed by atoms with E-state index >= 15 is 0 Å². The van der Waals surface area contributed by atoms with Crippen molar-refractivity contribution in [2.45, 2.75) is 13.5 Å². The molecular weight excluding hydrogens is 398 g/mol. The van der Waals surface area contributed by atoms with Crippen LogP contribution in [0.1, 0.15) is 16.7 Å². The molecule has 4 rings (SSSR count). The third kappa shape index (κ3) is 4.55. The van der Waals surface area contributed by atoms with Crippen LogP contribution >= 0.6 is 0 Å². The van der Waals surface area contributed by atoms with Gasteiger partial charge in [0.2, 0.25) is 0 Å². The third-order valence-corrected chi connectivity index (χ3v) is 5.29. The summed E-state index contributed by atoms with van der Waals surface area (Å²) >= 11 is 0. The zero-order valence-electron chi connectivity index (χ0n) is 18.0. The monoisotopic (exact) mass is 421 g/mol. The third-order valence-electron chi connectivity index (χ3n) is 5.29. The summed E-state index contributed by atoms with van der Waals surface area (Å²) in [5, 5.41) is 13.4. The van der Waals surface area contributed by atoms with Gasteiger partial charge >= 0.3 is 0 Å². The fourth-order valence-corrected chi connectivity index (χ4v) is 3.61. The van der Waals surface area contributed by atoms with Crippen LogP contribution in [0.4, 0.5) is 5.69 Å². The number of ether oxygens (including phenoxy) is 1. The summed E-state index contributed by atoms with van der Waals surface area (Å²) in [5.41, 5.74) is 4.87. The lowest BCUT2D eigenvalue weighted by atomic mass is 10.1. The average Bonchev–Trinajstić information content (AvgIpc) is 3.16. The molecule has 5 heteroatoms. The molecule has 0 fully saturated rings. The summed E-state index contributed by atoms with van der Waals surface area (Å²) in [6.45, 7) is 2.77. The second-order valence-electron chi connectivity index (χ2n) is 7.57. The van der Waals surface area contributed by atoms with Crippen LogP contribution in [-0.4, -0.2) is 17.6 Å². The maximum absolute atomic E-state index is 12.8. The number of hydrogen-bond donors (Lipinski definition) is 1. The highest BCUT2D eigenvalue weighted by Crippen LogP contribution is 2.25. The van der Waals surface area contributed by atoms with Gasteiger partial charge in [0, 0.05) is 41.0 Å². The fourth-order valence-electron chi connectivity index (χ4n) is 3.61. The normalized spacial score (nSPS) is 11.2. The van der Waals surface area contributed by atoms with Crippen LogP contribution in [0, 0.1) is 18.3 Å². The number of methoxy groups -OCH3 is 1. The van der Waals surface area contributed by atoms with E-state index in [9.17, 15) is 10.1 Å². The molecule has 32 heavy (non-hydrogen) atoms. The summed E-state index contributed by atoms with van der Waals surface area (Å²) in [6, 6.07) is 25.5. The molecule has 0 saturated carbocycles. The maximum atomic E-state index is 12.8. The number of amides is 1. The lowest BCUT2D eigenvalue weighted by Gasteiger charge is -2.06. The Hall–Kier alpha value is -4.30. The van der Waals surface area contributed by atoms with Gasteiger partial charge in [-0.1, -0.05) is 54.1 Å². The molecule has 0 saturated heterocycles. The Morgan fingerprint density at radius 1 is 1.09 bits per heavy atom. The van der Waals surface area contributed by atoms with Crippen molar-refractivity contribution in [1.29, 1.82) is 5.26 Å². The smallest absolute Gasteiger partial charge is 0.266 e. The highest BCUT2D eigenvalue weighted by atomic mass is 16.5. The largest absolute Gasteiger partial charge is 0.497 e. The number of nitriles is 1. The van der Waals surface area contributed by atoms with Gasteiger partial charge in [0.15, 0.2) is 0 Å². The van der Waals surface area contributed by atoms with Crippen molar-refractivity contribution in [1.82, 2.24) is 4.57 Å². The molecule has 0 bridgehead atoms. The number of nitrogens with one attached hydrogen (secondary N) is 1. The van der Waals surface area contributed by atoms with Gasteiger partial charge in [0.1, 0.15) is 17.4 Å². The zero-order valence-corrected chi connectivity index (χ0v) is 18.0. The number of fused-ring (bicyclic) bond motifs is 1. The Morgan fingerprint density at radius 2 is 1.88 bits per heavy atom. The van der Waals surface area contributed by atoms with Crippen LogP contribution in [0.15, 0.2) is 84.6 Å². The minimum atomic E-state index is -0.462. The van der Waals surface area contributed by atoms with Crippen molar-refractivity contribution in [3.05, 3.63) is 101 Å². The number of carbonyl (C=O) groups is 1. The number of benzene rings is 3. The number of nitrogens with zero attached hydrogens (tertiary/aromatic N) is 2. The minimum Gasteiger partial charge on any atom is -0.497 e. The minimum absolute atomic E-state index is 0.0334. The topological polar surface area (TPSA) is 67.0 Å². The van der Waals surface area contributed by atoms with Gasteiger partial charge in [-0.2, -0.15) is 5.26 Å². The number of aromatic nitrogens is 1. The van der Waals surface area contributed by atoms with E-state index in [1.165, 1.54) is 11.1 Å². The predicted octanol–water partition coefficient (Wildman–Crippen LogP) is 5.55. The molecule has 1 N–H and O–H groups in total. The average molecular weight is 422 g/mol. The van der Waals surface area contributed by atoms with Crippen LogP contribution in [0.2, 0.25) is 0 Å². The number of rotatable bonds is 6. The van der Waals surface area contributed by atoms with Gasteiger partial charge in [-0.05, 0) is 36.8 Å². The zero-order chi connectivity index (χ0) is 22.5. The van der Waals surface area contributed by atoms with Crippen LogP contribution in [-0.2, 0) is 11.3 Å². The van der Waals surface area contributed by atoms with Gasteiger partial charge in [-0.25, -0.2) is 0 Å². The molecule has 5 nitrogen and oxygen atoms in total. The first-order valence-electron chi connectivity index (χ1n) is 10.3. The molecule has 0 aliphatic carbocycles. The summed E-state index contributed by atoms with van der Waals surface area (Å²) in [5.74, 6) is 0.167. The number of carbonyl (C=O) groups excluding carboxylic acids is 1. The molecular formula is C27H23N3O2. The van der Waals surface area contributed by atoms with E-state index in [0.29, 0.717) is 18.0 Å². The fraction of sp³-hybridized carbons (Fsp3) is 0.111. The van der Waals surface area contributed by atoms with Crippen LogP contribution < -0.4 is 10.1 Å². The molecule has 4 aromatic rings. The Balaban J connectivity index is 1.66. The highest BCUT2D eigenvalue weighted by molar-refractivity contribution is 6.10. The van der Waals surface area contributed by atoms with Crippen LogP contribution in [0.3, 0.4) is 0 Å². The molecule has 0 atom stereocenters. The quantitative estimate of drug-likeness (QED) is 0.328. The number of hydrogen-bond acceptors (Lipinski definition) is 3. The van der Waals surface area contributed by atoms with Gasteiger partial charge in [0.25, 0.3) is 5.91 Å². The number of anilines is 1. The summed E-state index contributed by atoms with van der Waals surface area (Å²) in [7, 11) is 1.56. The van der Waals surface area contributed by atoms with Crippen molar-refractivity contribution < 1.29 is 9.53 Å². The molecule has 0 spiro atoms. The Kier molecular flexibility index (Phi) is 6.05. The van der Waals surface area contributed by atoms with E-state index in [0.717, 1.165) is 16.5 Å². The van der Waals surface area contributed by atoms with Crippen LogP contribution in [0.25, 0.3) is 17.0 Å². The SMILES string of the molecule is COc1cccc(NC(=O)/C(C#N)=C\c2cn(Cc3ccc(C)cc3)c3ccccc23)c1. The Labute approximate surface area is 187 Å². The summed E-state index contributed by atoms with van der Waals surface area (Å²) < 4.78 is 7.33. The first-order valence-corrected chi connectivity index (χ1v) is 10.3. The molecule has 0 aliphatic rings. The standard InChI is InChI=1S/C27H23N3O2/c1-19-10-12-20(13-11-19)17-30-18-22(25-8-3-4-9-26(25)30)14-21(16-28)27(31)29-23-6-5-7-24(15-23)32-2/h3-15,18H,17H2,1-2H3,(H,29,31)/b21-14-. The molecule has 0 radical (unpaired) electrons. The van der Waals surface area contributed by atoms with E-state index in [1.54, 1.807) is 37.5 Å². The summed E-state index contributed by atoms with van der Waals surface area (Å²) in [4.78, 5) is 12.8. The molecule has 158 valence electrons. The predicted molar refractivity (Wildman–Crippen MR) is 127 cm³/mol. The van der Waals surface area contributed by atoms with Crippen molar-refractivity contribution in [3.8, 4) is 11.8 Å². The lowest BCUT2D eigenvalue weighted by molar-refractivity contribution is -0.112. The molecule has 1 aromatic heterocycles. The number of para-hydroxylation sites is 1. The first-order chi connectivity index (χ1) is 15.6. The van der Waals surface area contributed by atoms with E-state index in [4.69, 9.17) is 4.74 Å². The van der Waals surface area contributed by atoms with Crippen molar-refractivity contribution in [3.63, 3.8) is 0 Å². The maximum Gasteiger partial charge on any atom is 0.266 e. The van der Waals surface area contributed by atoms with Crippen molar-refractivity contribution in [2.75, 3.05) is 12.4 Å². The van der Waals surface area contributed by atoms with Crippen LogP contribution in [0.5, 0.6) is 5.75 Å². The number of aryl methyl sites for hydroxylation is 1. The van der Waals surface area contributed by atoms with Gasteiger partial charge in [-0.15, -0.1) is 0 Å². The molecule has 3 aromatic carbocycles. The first kappa shape index (κ1) is 21.0. The second-order valence-corrected chi connectivity index (χ2v) is 7.57. The molecule has 0 unspecified atom stereocenters. The van der Waals surface area contributed by atoms with E-state index in [1.807, 2.05) is 36.5 Å². The Morgan fingerprint density at radius 3 is 2.62 bits per heavy atom. The van der Waals surface area contributed by atoms with E-state index < -0.39 is 5.91 Å². The van der Waals surface area contributed by atoms with Gasteiger partial charge < -0.3 is 14.6 Å². The van der Waals surface area contributed by atoms with E-state index in [2.05, 4.69) is 41.1 Å². The van der Waals surface area contributed by atoms with Gasteiger partial charge in [-0.3, -0.25) is 4.79 Å². The molecule has 1 amide bonds. The van der Waals surface area contributed by atoms with E-state index in [-0.39, 0.29) is 5.57 Å². The molecule has 0 aliphatic heterocycles. The lowest BCUT2D eigenvalue weighted by Crippen LogP contribution is -2.13. The highest BCUT2D eigenvalue weighted by Gasteiger charge is 2.13.